The summed E-state index contributed by atoms with van der Waals surface area (Å²) in [6.07, 6.45) is 2.84. The minimum atomic E-state index is -3.45. The van der Waals surface area contributed by atoms with Gasteiger partial charge in [0.1, 0.15) is 5.52 Å². The molecule has 3 rings (SSSR count). The standard InChI is InChI=1S/C21H23N3O4S/c1-15(2)24-29(26,27)14-17-8-4-3-7-16(17)13-22-20(25)11-12-21-23-18-9-5-6-10-19(18)28-21/h3-12,15,24H,13-14H2,1-2H3,(H,22,25)/b12-11+. The molecule has 0 spiro atoms. The minimum Gasteiger partial charge on any atom is -0.437 e. The molecule has 2 N–H and O–H groups in total. The molecule has 0 fully saturated rings. The van der Waals surface area contributed by atoms with Gasteiger partial charge in [0.15, 0.2) is 5.58 Å². The van der Waals surface area contributed by atoms with Crippen LogP contribution < -0.4 is 10.0 Å². The molecule has 0 saturated carbocycles. The van der Waals surface area contributed by atoms with Crippen LogP contribution in [0.4, 0.5) is 0 Å². The summed E-state index contributed by atoms with van der Waals surface area (Å²) in [7, 11) is -3.45. The molecule has 0 bridgehead atoms. The molecule has 29 heavy (non-hydrogen) atoms. The lowest BCUT2D eigenvalue weighted by Crippen LogP contribution is -2.31. The molecule has 0 aliphatic carbocycles. The van der Waals surface area contributed by atoms with Crippen LogP contribution >= 0.6 is 0 Å². The fourth-order valence-corrected chi connectivity index (χ4v) is 4.32. The number of benzene rings is 2. The third kappa shape index (κ3) is 6.00. The molecule has 0 radical (unpaired) electrons. The van der Waals surface area contributed by atoms with Gasteiger partial charge in [0.2, 0.25) is 21.8 Å². The van der Waals surface area contributed by atoms with E-state index in [9.17, 15) is 13.2 Å². The number of nitrogens with one attached hydrogen (secondary N) is 2. The summed E-state index contributed by atoms with van der Waals surface area (Å²) in [5.41, 5.74) is 2.75. The molecule has 1 aromatic heterocycles. The number of carbonyl (C=O) groups is 1. The average Bonchev–Trinajstić information content (AvgIpc) is 3.07. The van der Waals surface area contributed by atoms with Crippen molar-refractivity contribution in [1.82, 2.24) is 15.0 Å². The predicted octanol–water partition coefficient (Wildman–Crippen LogP) is 2.99. The number of rotatable bonds is 8. The van der Waals surface area contributed by atoms with Crippen LogP contribution in [0, 0.1) is 0 Å². The number of fused-ring (bicyclic) bond motifs is 1. The maximum Gasteiger partial charge on any atom is 0.244 e. The summed E-state index contributed by atoms with van der Waals surface area (Å²) >= 11 is 0. The van der Waals surface area contributed by atoms with E-state index < -0.39 is 10.0 Å². The van der Waals surface area contributed by atoms with Gasteiger partial charge in [-0.15, -0.1) is 0 Å². The van der Waals surface area contributed by atoms with Crippen LogP contribution in [0.1, 0.15) is 30.9 Å². The number of para-hydroxylation sites is 2. The molecule has 0 saturated heterocycles. The smallest absolute Gasteiger partial charge is 0.244 e. The van der Waals surface area contributed by atoms with E-state index in [1.807, 2.05) is 24.3 Å². The number of hydrogen-bond donors (Lipinski definition) is 2. The Labute approximate surface area is 169 Å². The van der Waals surface area contributed by atoms with Gasteiger partial charge in [-0.2, -0.15) is 0 Å². The quantitative estimate of drug-likeness (QED) is 0.553. The molecule has 0 aliphatic heterocycles. The van der Waals surface area contributed by atoms with Gasteiger partial charge in [-0.1, -0.05) is 36.4 Å². The minimum absolute atomic E-state index is 0.143. The first-order valence-electron chi connectivity index (χ1n) is 9.21. The summed E-state index contributed by atoms with van der Waals surface area (Å²) in [4.78, 5) is 16.4. The molecule has 0 atom stereocenters. The van der Waals surface area contributed by atoms with Crippen molar-refractivity contribution < 1.29 is 17.6 Å². The molecular weight excluding hydrogens is 390 g/mol. The summed E-state index contributed by atoms with van der Waals surface area (Å²) in [5, 5.41) is 2.76. The maximum atomic E-state index is 12.2. The van der Waals surface area contributed by atoms with Crippen LogP contribution in [0.25, 0.3) is 17.2 Å². The summed E-state index contributed by atoms with van der Waals surface area (Å²) in [5.74, 6) is -0.131. The van der Waals surface area contributed by atoms with Gasteiger partial charge in [0, 0.05) is 24.7 Å². The van der Waals surface area contributed by atoms with Crippen molar-refractivity contribution in [2.45, 2.75) is 32.2 Å². The Morgan fingerprint density at radius 3 is 2.52 bits per heavy atom. The van der Waals surface area contributed by atoms with Gasteiger partial charge in [0.05, 0.1) is 5.75 Å². The second-order valence-electron chi connectivity index (χ2n) is 6.87. The fraction of sp³-hybridized carbons (Fsp3) is 0.238. The number of nitrogens with zero attached hydrogens (tertiary/aromatic N) is 1. The van der Waals surface area contributed by atoms with Gasteiger partial charge < -0.3 is 9.73 Å². The normalized spacial score (nSPS) is 12.1. The highest BCUT2D eigenvalue weighted by molar-refractivity contribution is 7.88. The molecule has 7 nitrogen and oxygen atoms in total. The van der Waals surface area contributed by atoms with Gasteiger partial charge >= 0.3 is 0 Å². The number of sulfonamides is 1. The van der Waals surface area contributed by atoms with Crippen molar-refractivity contribution in [3.63, 3.8) is 0 Å². The van der Waals surface area contributed by atoms with Crippen LogP contribution in [0.3, 0.4) is 0 Å². The molecule has 8 heteroatoms. The van der Waals surface area contributed by atoms with E-state index in [4.69, 9.17) is 4.42 Å². The predicted molar refractivity (Wildman–Crippen MR) is 112 cm³/mol. The zero-order chi connectivity index (χ0) is 20.9. The summed E-state index contributed by atoms with van der Waals surface area (Å²) in [6.45, 7) is 3.75. The monoisotopic (exact) mass is 413 g/mol. The molecule has 1 amide bonds. The first kappa shape index (κ1) is 20.8. The molecule has 3 aromatic rings. The third-order valence-corrected chi connectivity index (χ3v) is 5.54. The number of carbonyl (C=O) groups excluding carboxylic acids is 1. The van der Waals surface area contributed by atoms with E-state index in [1.165, 1.54) is 12.2 Å². The van der Waals surface area contributed by atoms with Gasteiger partial charge in [-0.3, -0.25) is 4.79 Å². The summed E-state index contributed by atoms with van der Waals surface area (Å²) in [6, 6.07) is 14.3. The lowest BCUT2D eigenvalue weighted by Gasteiger charge is -2.13. The van der Waals surface area contributed by atoms with E-state index in [-0.39, 0.29) is 24.2 Å². The Bertz CT molecular complexity index is 1100. The molecule has 2 aromatic carbocycles. The third-order valence-electron chi connectivity index (χ3n) is 4.02. The Morgan fingerprint density at radius 2 is 1.79 bits per heavy atom. The topological polar surface area (TPSA) is 101 Å². The molecular formula is C21H23N3O4S. The van der Waals surface area contributed by atoms with E-state index in [2.05, 4.69) is 15.0 Å². The Morgan fingerprint density at radius 1 is 1.10 bits per heavy atom. The number of amides is 1. The number of hydrogen-bond acceptors (Lipinski definition) is 5. The zero-order valence-corrected chi connectivity index (χ0v) is 17.1. The highest BCUT2D eigenvalue weighted by atomic mass is 32.2. The van der Waals surface area contributed by atoms with Crippen LogP contribution in [-0.4, -0.2) is 25.4 Å². The van der Waals surface area contributed by atoms with Crippen molar-refractivity contribution in [2.24, 2.45) is 0 Å². The maximum absolute atomic E-state index is 12.2. The lowest BCUT2D eigenvalue weighted by atomic mass is 10.1. The molecule has 152 valence electrons. The van der Waals surface area contributed by atoms with Crippen molar-refractivity contribution >= 4 is 33.1 Å². The molecule has 1 heterocycles. The largest absolute Gasteiger partial charge is 0.437 e. The second-order valence-corrected chi connectivity index (χ2v) is 8.63. The Balaban J connectivity index is 1.63. The lowest BCUT2D eigenvalue weighted by molar-refractivity contribution is -0.116. The first-order valence-corrected chi connectivity index (χ1v) is 10.9. The van der Waals surface area contributed by atoms with E-state index in [0.29, 0.717) is 17.0 Å². The van der Waals surface area contributed by atoms with Gasteiger partial charge in [-0.05, 0) is 37.1 Å². The Kier molecular flexibility index (Phi) is 6.46. The summed E-state index contributed by atoms with van der Waals surface area (Å²) < 4.78 is 32.5. The van der Waals surface area contributed by atoms with E-state index in [1.54, 1.807) is 38.1 Å². The van der Waals surface area contributed by atoms with Crippen molar-refractivity contribution in [2.75, 3.05) is 0 Å². The number of aromatic nitrogens is 1. The van der Waals surface area contributed by atoms with E-state index >= 15 is 0 Å². The Hall–Kier alpha value is -2.97. The SMILES string of the molecule is CC(C)NS(=O)(=O)Cc1ccccc1CNC(=O)/C=C/c1nc2ccccc2o1. The second kappa shape index (κ2) is 9.02. The highest BCUT2D eigenvalue weighted by Gasteiger charge is 2.15. The molecule has 0 unspecified atom stereocenters. The van der Waals surface area contributed by atoms with Gasteiger partial charge in [-0.25, -0.2) is 18.1 Å². The van der Waals surface area contributed by atoms with Crippen LogP contribution in [0.5, 0.6) is 0 Å². The zero-order valence-electron chi connectivity index (χ0n) is 16.3. The van der Waals surface area contributed by atoms with E-state index in [0.717, 1.165) is 11.1 Å². The number of oxazole rings is 1. The fourth-order valence-electron chi connectivity index (χ4n) is 2.83. The molecule has 0 aliphatic rings. The van der Waals surface area contributed by atoms with Crippen molar-refractivity contribution in [3.05, 3.63) is 71.6 Å². The van der Waals surface area contributed by atoms with Crippen molar-refractivity contribution in [3.8, 4) is 0 Å². The van der Waals surface area contributed by atoms with Crippen LogP contribution in [0.15, 0.2) is 59.0 Å². The van der Waals surface area contributed by atoms with Crippen LogP contribution in [0.2, 0.25) is 0 Å². The first-order chi connectivity index (χ1) is 13.8. The highest BCUT2D eigenvalue weighted by Crippen LogP contribution is 2.15. The average molecular weight is 413 g/mol. The van der Waals surface area contributed by atoms with Crippen LogP contribution in [-0.2, 0) is 27.1 Å². The van der Waals surface area contributed by atoms with Crippen molar-refractivity contribution in [1.29, 1.82) is 0 Å². The van der Waals surface area contributed by atoms with Gasteiger partial charge in [0.25, 0.3) is 0 Å².